The molecule has 0 aromatic heterocycles. The molecule has 1 aromatic rings. The van der Waals surface area contributed by atoms with Gasteiger partial charge in [-0.2, -0.15) is 0 Å². The van der Waals surface area contributed by atoms with Crippen LogP contribution in [0.15, 0.2) is 24.3 Å². The molecule has 3 nitrogen and oxygen atoms in total. The lowest BCUT2D eigenvalue weighted by Crippen LogP contribution is -2.37. The summed E-state index contributed by atoms with van der Waals surface area (Å²) in [6.07, 6.45) is 0. The van der Waals surface area contributed by atoms with Crippen molar-refractivity contribution in [3.05, 3.63) is 34.9 Å². The standard InChI is InChI=1S/C13H19ClO3/c1-3-16-9-13(15,10-17-4-2)11-5-7-12(14)8-6-11/h5-8,15H,3-4,9-10H2,1-2H3. The van der Waals surface area contributed by atoms with Crippen LogP contribution in [0.1, 0.15) is 19.4 Å². The summed E-state index contributed by atoms with van der Waals surface area (Å²) in [7, 11) is 0. The van der Waals surface area contributed by atoms with Gasteiger partial charge in [0.1, 0.15) is 5.60 Å². The predicted octanol–water partition coefficient (Wildman–Crippen LogP) is 2.60. The topological polar surface area (TPSA) is 38.7 Å². The quantitative estimate of drug-likeness (QED) is 0.817. The first kappa shape index (κ1) is 14.5. The van der Waals surface area contributed by atoms with E-state index in [0.717, 1.165) is 5.56 Å². The van der Waals surface area contributed by atoms with Crippen LogP contribution in [0.5, 0.6) is 0 Å². The Morgan fingerprint density at radius 3 is 1.94 bits per heavy atom. The van der Waals surface area contributed by atoms with Crippen molar-refractivity contribution in [2.75, 3.05) is 26.4 Å². The van der Waals surface area contributed by atoms with Crippen LogP contribution >= 0.6 is 11.6 Å². The van der Waals surface area contributed by atoms with Crippen molar-refractivity contribution in [2.45, 2.75) is 19.4 Å². The molecule has 0 saturated heterocycles. The van der Waals surface area contributed by atoms with E-state index in [1.165, 1.54) is 0 Å². The van der Waals surface area contributed by atoms with Gasteiger partial charge >= 0.3 is 0 Å². The number of hydrogen-bond donors (Lipinski definition) is 1. The molecule has 17 heavy (non-hydrogen) atoms. The SMILES string of the molecule is CCOCC(O)(COCC)c1ccc(Cl)cc1. The van der Waals surface area contributed by atoms with Gasteiger partial charge in [-0.05, 0) is 31.5 Å². The van der Waals surface area contributed by atoms with Crippen LogP contribution in [-0.4, -0.2) is 31.5 Å². The van der Waals surface area contributed by atoms with Gasteiger partial charge < -0.3 is 14.6 Å². The highest BCUT2D eigenvalue weighted by Gasteiger charge is 2.29. The molecule has 96 valence electrons. The Morgan fingerprint density at radius 1 is 1.06 bits per heavy atom. The molecule has 4 heteroatoms. The van der Waals surface area contributed by atoms with E-state index in [0.29, 0.717) is 18.2 Å². The molecule has 0 saturated carbocycles. The Labute approximate surface area is 107 Å². The fourth-order valence-electron chi connectivity index (χ4n) is 1.51. The third kappa shape index (κ3) is 4.28. The normalized spacial score (nSPS) is 11.8. The number of hydrogen-bond acceptors (Lipinski definition) is 3. The number of benzene rings is 1. The van der Waals surface area contributed by atoms with Gasteiger partial charge in [0, 0.05) is 18.2 Å². The fourth-order valence-corrected chi connectivity index (χ4v) is 1.64. The van der Waals surface area contributed by atoms with Gasteiger partial charge in [0.15, 0.2) is 0 Å². The van der Waals surface area contributed by atoms with E-state index in [4.69, 9.17) is 21.1 Å². The monoisotopic (exact) mass is 258 g/mol. The minimum Gasteiger partial charge on any atom is -0.380 e. The second kappa shape index (κ2) is 6.97. The van der Waals surface area contributed by atoms with Gasteiger partial charge in [-0.15, -0.1) is 0 Å². The molecule has 0 heterocycles. The van der Waals surface area contributed by atoms with Crippen LogP contribution in [0.25, 0.3) is 0 Å². The fraction of sp³-hybridized carbons (Fsp3) is 0.538. The summed E-state index contributed by atoms with van der Waals surface area (Å²) < 4.78 is 10.6. The molecule has 0 unspecified atom stereocenters. The summed E-state index contributed by atoms with van der Waals surface area (Å²) in [5.74, 6) is 0. The summed E-state index contributed by atoms with van der Waals surface area (Å²) in [6.45, 7) is 5.33. The van der Waals surface area contributed by atoms with E-state index >= 15 is 0 Å². The van der Waals surface area contributed by atoms with Crippen LogP contribution in [0.2, 0.25) is 5.02 Å². The van der Waals surface area contributed by atoms with E-state index < -0.39 is 5.60 Å². The van der Waals surface area contributed by atoms with Crippen LogP contribution in [-0.2, 0) is 15.1 Å². The molecule has 0 bridgehead atoms. The average Bonchev–Trinajstić information content (AvgIpc) is 2.34. The number of rotatable bonds is 7. The van der Waals surface area contributed by atoms with E-state index in [2.05, 4.69) is 0 Å². The van der Waals surface area contributed by atoms with Crippen LogP contribution < -0.4 is 0 Å². The van der Waals surface area contributed by atoms with Crippen molar-refractivity contribution in [2.24, 2.45) is 0 Å². The molecule has 0 amide bonds. The summed E-state index contributed by atoms with van der Waals surface area (Å²) in [5.41, 5.74) is -0.361. The van der Waals surface area contributed by atoms with Crippen LogP contribution in [0, 0.1) is 0 Å². The second-order valence-corrected chi connectivity index (χ2v) is 4.25. The lowest BCUT2D eigenvalue weighted by Gasteiger charge is -2.28. The first-order chi connectivity index (χ1) is 8.12. The van der Waals surface area contributed by atoms with Crippen molar-refractivity contribution in [3.8, 4) is 0 Å². The zero-order valence-corrected chi connectivity index (χ0v) is 11.0. The highest BCUT2D eigenvalue weighted by atomic mass is 35.5. The molecule has 1 rings (SSSR count). The second-order valence-electron chi connectivity index (χ2n) is 3.81. The maximum atomic E-state index is 10.5. The molecule has 0 aliphatic rings. The molecule has 0 fully saturated rings. The molecule has 0 aliphatic heterocycles. The summed E-state index contributed by atoms with van der Waals surface area (Å²) in [4.78, 5) is 0. The Kier molecular flexibility index (Phi) is 5.92. The molecule has 0 spiro atoms. The molecule has 0 radical (unpaired) electrons. The molecular formula is C13H19ClO3. The van der Waals surface area contributed by atoms with Crippen molar-refractivity contribution in [1.82, 2.24) is 0 Å². The number of aliphatic hydroxyl groups is 1. The number of halogens is 1. The van der Waals surface area contributed by atoms with E-state index in [-0.39, 0.29) is 13.2 Å². The highest BCUT2D eigenvalue weighted by Crippen LogP contribution is 2.24. The van der Waals surface area contributed by atoms with Gasteiger partial charge in [0.2, 0.25) is 0 Å². The molecule has 1 N–H and O–H groups in total. The third-order valence-corrected chi connectivity index (χ3v) is 2.72. The zero-order chi connectivity index (χ0) is 12.7. The molecule has 1 aromatic carbocycles. The van der Waals surface area contributed by atoms with Gasteiger partial charge in [0.25, 0.3) is 0 Å². The lowest BCUT2D eigenvalue weighted by molar-refractivity contribution is -0.0975. The van der Waals surface area contributed by atoms with Gasteiger partial charge in [-0.25, -0.2) is 0 Å². The average molecular weight is 259 g/mol. The molecule has 0 aliphatic carbocycles. The lowest BCUT2D eigenvalue weighted by atomic mass is 9.95. The molecule has 0 atom stereocenters. The first-order valence-electron chi connectivity index (χ1n) is 5.76. The largest absolute Gasteiger partial charge is 0.380 e. The van der Waals surface area contributed by atoms with Crippen molar-refractivity contribution in [1.29, 1.82) is 0 Å². The van der Waals surface area contributed by atoms with Crippen molar-refractivity contribution >= 4 is 11.6 Å². The Bertz CT molecular complexity index is 316. The minimum absolute atomic E-state index is 0.213. The van der Waals surface area contributed by atoms with Crippen LogP contribution in [0.3, 0.4) is 0 Å². The van der Waals surface area contributed by atoms with Gasteiger partial charge in [0.05, 0.1) is 13.2 Å². The van der Waals surface area contributed by atoms with Crippen LogP contribution in [0.4, 0.5) is 0 Å². The van der Waals surface area contributed by atoms with E-state index in [1.807, 2.05) is 13.8 Å². The Balaban J connectivity index is 2.83. The Hall–Kier alpha value is -0.610. The Morgan fingerprint density at radius 2 is 1.53 bits per heavy atom. The minimum atomic E-state index is -1.11. The first-order valence-corrected chi connectivity index (χ1v) is 6.14. The highest BCUT2D eigenvalue weighted by molar-refractivity contribution is 6.30. The van der Waals surface area contributed by atoms with Crippen molar-refractivity contribution in [3.63, 3.8) is 0 Å². The van der Waals surface area contributed by atoms with Crippen molar-refractivity contribution < 1.29 is 14.6 Å². The maximum Gasteiger partial charge on any atom is 0.136 e. The summed E-state index contributed by atoms with van der Waals surface area (Å²) >= 11 is 5.83. The van der Waals surface area contributed by atoms with Gasteiger partial charge in [-0.3, -0.25) is 0 Å². The van der Waals surface area contributed by atoms with E-state index in [1.54, 1.807) is 24.3 Å². The molecular weight excluding hydrogens is 240 g/mol. The van der Waals surface area contributed by atoms with Gasteiger partial charge in [-0.1, -0.05) is 23.7 Å². The van der Waals surface area contributed by atoms with E-state index in [9.17, 15) is 5.11 Å². The smallest absolute Gasteiger partial charge is 0.136 e. The summed E-state index contributed by atoms with van der Waals surface area (Å²) in [5, 5.41) is 11.2. The zero-order valence-electron chi connectivity index (χ0n) is 10.3. The summed E-state index contributed by atoms with van der Waals surface area (Å²) in [6, 6.07) is 7.08. The third-order valence-electron chi connectivity index (χ3n) is 2.47. The maximum absolute atomic E-state index is 10.5. The predicted molar refractivity (Wildman–Crippen MR) is 68.3 cm³/mol. The number of ether oxygens (including phenoxy) is 2.